The molecular formula is C10H12FN3O6S. The number of carbonyl (C=O) groups excluding carboxylic acids is 1. The van der Waals surface area contributed by atoms with Crippen LogP contribution >= 0.6 is 0 Å². The number of sulfonamides is 1. The molecule has 21 heavy (non-hydrogen) atoms. The van der Waals surface area contributed by atoms with Crippen LogP contribution in [0.4, 0.5) is 10.1 Å². The van der Waals surface area contributed by atoms with Crippen molar-refractivity contribution in [2.75, 3.05) is 20.7 Å². The second-order valence-electron chi connectivity index (χ2n) is 4.13. The van der Waals surface area contributed by atoms with Gasteiger partial charge in [-0.1, -0.05) is 0 Å². The number of rotatable bonds is 5. The fourth-order valence-corrected chi connectivity index (χ4v) is 1.97. The van der Waals surface area contributed by atoms with Crippen molar-refractivity contribution >= 4 is 21.6 Å². The Labute approximate surface area is 119 Å². The third-order valence-electron chi connectivity index (χ3n) is 2.35. The first-order valence-electron chi connectivity index (χ1n) is 5.37. The van der Waals surface area contributed by atoms with Crippen LogP contribution in [0.3, 0.4) is 0 Å². The van der Waals surface area contributed by atoms with Crippen LogP contribution in [0.2, 0.25) is 0 Å². The van der Waals surface area contributed by atoms with E-state index in [4.69, 9.17) is 9.88 Å². The summed E-state index contributed by atoms with van der Waals surface area (Å²) in [7, 11) is -1.64. The lowest BCUT2D eigenvalue weighted by molar-refractivity contribution is -0.385. The Kier molecular flexibility index (Phi) is 4.80. The van der Waals surface area contributed by atoms with E-state index in [1.54, 1.807) is 0 Å². The number of nitrogens with zero attached hydrogens (tertiary/aromatic N) is 2. The van der Waals surface area contributed by atoms with Crippen molar-refractivity contribution in [1.29, 1.82) is 0 Å². The molecule has 1 aromatic carbocycles. The standard InChI is InChI=1S/C10H12FN3O6S/c1-13(2)9(15)5-20-10-7(11)3-6(14(16)17)4-8(10)21(12,18)19/h3-4H,5H2,1-2H3,(H2,12,18,19). The highest BCUT2D eigenvalue weighted by Crippen LogP contribution is 2.31. The van der Waals surface area contributed by atoms with Crippen molar-refractivity contribution in [3.63, 3.8) is 0 Å². The van der Waals surface area contributed by atoms with Gasteiger partial charge in [0.2, 0.25) is 10.0 Å². The van der Waals surface area contributed by atoms with Crippen LogP contribution in [0.15, 0.2) is 17.0 Å². The number of nitro benzene ring substituents is 1. The number of amides is 1. The van der Waals surface area contributed by atoms with Gasteiger partial charge in [0, 0.05) is 20.2 Å². The number of ether oxygens (including phenoxy) is 1. The van der Waals surface area contributed by atoms with Crippen molar-refractivity contribution in [3.05, 3.63) is 28.1 Å². The van der Waals surface area contributed by atoms with E-state index in [0.717, 1.165) is 4.90 Å². The Morgan fingerprint density at radius 1 is 1.48 bits per heavy atom. The predicted octanol–water partition coefficient (Wildman–Crippen LogP) is -0.152. The molecule has 9 nitrogen and oxygen atoms in total. The lowest BCUT2D eigenvalue weighted by Gasteiger charge is -2.13. The molecule has 0 aromatic heterocycles. The van der Waals surface area contributed by atoms with Gasteiger partial charge < -0.3 is 9.64 Å². The van der Waals surface area contributed by atoms with E-state index in [1.165, 1.54) is 14.1 Å². The van der Waals surface area contributed by atoms with Gasteiger partial charge in [0.05, 0.1) is 11.0 Å². The molecule has 0 heterocycles. The molecule has 0 unspecified atom stereocenters. The third kappa shape index (κ3) is 4.10. The molecule has 0 aliphatic rings. The highest BCUT2D eigenvalue weighted by molar-refractivity contribution is 7.89. The number of carbonyl (C=O) groups is 1. The second-order valence-corrected chi connectivity index (χ2v) is 5.66. The highest BCUT2D eigenvalue weighted by Gasteiger charge is 2.25. The van der Waals surface area contributed by atoms with Crippen molar-refractivity contribution in [1.82, 2.24) is 4.90 Å². The molecule has 2 N–H and O–H groups in total. The first kappa shape index (κ1) is 16.8. The van der Waals surface area contributed by atoms with Crippen LogP contribution in [0.1, 0.15) is 0 Å². The lowest BCUT2D eigenvalue weighted by Crippen LogP contribution is -2.28. The van der Waals surface area contributed by atoms with E-state index in [2.05, 4.69) is 0 Å². The number of non-ortho nitro benzene ring substituents is 1. The molecule has 1 rings (SSSR count). The van der Waals surface area contributed by atoms with Gasteiger partial charge in [-0.2, -0.15) is 0 Å². The summed E-state index contributed by atoms with van der Waals surface area (Å²) in [5, 5.41) is 15.5. The Morgan fingerprint density at radius 3 is 2.48 bits per heavy atom. The number of hydrogen-bond acceptors (Lipinski definition) is 6. The number of nitro groups is 1. The number of likely N-dealkylation sites (N-methyl/N-ethyl adjacent to an activating group) is 1. The predicted molar refractivity (Wildman–Crippen MR) is 68.6 cm³/mol. The van der Waals surface area contributed by atoms with E-state index in [-0.39, 0.29) is 0 Å². The highest BCUT2D eigenvalue weighted by atomic mass is 32.2. The van der Waals surface area contributed by atoms with E-state index in [0.29, 0.717) is 12.1 Å². The van der Waals surface area contributed by atoms with E-state index >= 15 is 0 Å². The summed E-state index contributed by atoms with van der Waals surface area (Å²) in [6.07, 6.45) is 0. The van der Waals surface area contributed by atoms with E-state index in [1.807, 2.05) is 0 Å². The molecule has 0 atom stereocenters. The summed E-state index contributed by atoms with van der Waals surface area (Å²) in [6.45, 7) is -0.649. The second kappa shape index (κ2) is 6.01. The maximum Gasteiger partial charge on any atom is 0.274 e. The smallest absolute Gasteiger partial charge is 0.274 e. The van der Waals surface area contributed by atoms with Crippen molar-refractivity contribution in [2.45, 2.75) is 4.90 Å². The number of nitrogens with two attached hydrogens (primary N) is 1. The summed E-state index contributed by atoms with van der Waals surface area (Å²) in [4.78, 5) is 21.2. The van der Waals surface area contributed by atoms with Crippen LogP contribution in [0, 0.1) is 15.9 Å². The summed E-state index contributed by atoms with van der Waals surface area (Å²) in [5.74, 6) is -2.70. The van der Waals surface area contributed by atoms with Crippen LogP contribution in [-0.2, 0) is 14.8 Å². The maximum atomic E-state index is 13.8. The first-order valence-corrected chi connectivity index (χ1v) is 6.92. The van der Waals surface area contributed by atoms with Crippen molar-refractivity contribution in [2.24, 2.45) is 5.14 Å². The van der Waals surface area contributed by atoms with Gasteiger partial charge >= 0.3 is 0 Å². The summed E-state index contributed by atoms with van der Waals surface area (Å²) in [6, 6.07) is 1.04. The number of primary sulfonamides is 1. The zero-order valence-electron chi connectivity index (χ0n) is 11.1. The third-order valence-corrected chi connectivity index (χ3v) is 3.27. The van der Waals surface area contributed by atoms with Gasteiger partial charge in [-0.15, -0.1) is 0 Å². The zero-order chi connectivity index (χ0) is 16.4. The Hall–Kier alpha value is -2.27. The molecule has 0 saturated heterocycles. The minimum Gasteiger partial charge on any atom is -0.479 e. The molecule has 0 bridgehead atoms. The molecule has 11 heteroatoms. The fraction of sp³-hybridized carbons (Fsp3) is 0.300. The molecule has 0 spiro atoms. The van der Waals surface area contributed by atoms with Gasteiger partial charge in [-0.05, 0) is 0 Å². The molecule has 0 aliphatic heterocycles. The molecule has 0 saturated carbocycles. The Bertz CT molecular complexity index is 688. The molecule has 0 aliphatic carbocycles. The van der Waals surface area contributed by atoms with Crippen LogP contribution in [0.5, 0.6) is 5.75 Å². The van der Waals surface area contributed by atoms with Gasteiger partial charge in [0.25, 0.3) is 11.6 Å². The van der Waals surface area contributed by atoms with Gasteiger partial charge in [0.15, 0.2) is 18.2 Å². The monoisotopic (exact) mass is 321 g/mol. The molecule has 1 amide bonds. The Balaban J connectivity index is 3.31. The quantitative estimate of drug-likeness (QED) is 0.592. The Morgan fingerprint density at radius 2 is 2.05 bits per heavy atom. The lowest BCUT2D eigenvalue weighted by atomic mass is 10.3. The van der Waals surface area contributed by atoms with Crippen LogP contribution < -0.4 is 9.88 Å². The van der Waals surface area contributed by atoms with Gasteiger partial charge in [-0.3, -0.25) is 14.9 Å². The minimum absolute atomic E-state index is 0.476. The minimum atomic E-state index is -4.47. The van der Waals surface area contributed by atoms with Crippen LogP contribution in [-0.4, -0.2) is 44.9 Å². The van der Waals surface area contributed by atoms with E-state index in [9.17, 15) is 27.7 Å². The summed E-state index contributed by atoms with van der Waals surface area (Å²) in [5.41, 5.74) is -0.803. The number of halogens is 1. The SMILES string of the molecule is CN(C)C(=O)COc1c(F)cc([N+](=O)[O-])cc1S(N)(=O)=O. The molecule has 116 valence electrons. The molecular weight excluding hydrogens is 309 g/mol. The summed E-state index contributed by atoms with van der Waals surface area (Å²) < 4.78 is 41.3. The average molecular weight is 321 g/mol. The van der Waals surface area contributed by atoms with Crippen molar-refractivity contribution in [3.8, 4) is 5.75 Å². The largest absolute Gasteiger partial charge is 0.479 e. The number of benzene rings is 1. The molecule has 1 aromatic rings. The maximum absolute atomic E-state index is 13.8. The van der Waals surface area contributed by atoms with Crippen molar-refractivity contribution < 1.29 is 27.3 Å². The average Bonchev–Trinajstić information content (AvgIpc) is 2.34. The normalized spacial score (nSPS) is 11.0. The molecule has 0 radical (unpaired) electrons. The number of hydrogen-bond donors (Lipinski definition) is 1. The van der Waals surface area contributed by atoms with E-state index < -0.39 is 49.6 Å². The zero-order valence-corrected chi connectivity index (χ0v) is 11.9. The molecule has 0 fully saturated rings. The van der Waals surface area contributed by atoms with Crippen LogP contribution in [0.25, 0.3) is 0 Å². The van der Waals surface area contributed by atoms with Gasteiger partial charge in [-0.25, -0.2) is 17.9 Å². The summed E-state index contributed by atoms with van der Waals surface area (Å²) >= 11 is 0. The fourth-order valence-electron chi connectivity index (χ4n) is 1.27. The first-order chi connectivity index (χ1) is 9.54. The van der Waals surface area contributed by atoms with Gasteiger partial charge in [0.1, 0.15) is 4.90 Å². The topological polar surface area (TPSA) is 133 Å².